The van der Waals surface area contributed by atoms with Crippen LogP contribution in [0.15, 0.2) is 21.8 Å². The van der Waals surface area contributed by atoms with Crippen LogP contribution in [0.1, 0.15) is 44.7 Å². The summed E-state index contributed by atoms with van der Waals surface area (Å²) in [4.78, 5) is 18.8. The summed E-state index contributed by atoms with van der Waals surface area (Å²) in [6, 6.07) is 1.82. The van der Waals surface area contributed by atoms with E-state index in [2.05, 4.69) is 20.8 Å². The van der Waals surface area contributed by atoms with Crippen LogP contribution in [0.2, 0.25) is 0 Å². The summed E-state index contributed by atoms with van der Waals surface area (Å²) >= 11 is 0. The second-order valence-electron chi connectivity index (χ2n) is 7.71. The molecule has 31 heavy (non-hydrogen) atoms. The SMILES string of the molecule is CCNC(=NCC(=O)NC1CCCCC1)N1CCN(S(=O)(=O)Cc2ccon2)CC1.I. The topological polar surface area (TPSA) is 120 Å². The summed E-state index contributed by atoms with van der Waals surface area (Å²) in [6.45, 7) is 4.45. The van der Waals surface area contributed by atoms with Gasteiger partial charge >= 0.3 is 0 Å². The molecule has 2 fully saturated rings. The number of aromatic nitrogens is 1. The molecular weight excluding hydrogens is 535 g/mol. The van der Waals surface area contributed by atoms with E-state index in [9.17, 15) is 13.2 Å². The Morgan fingerprint density at radius 2 is 1.94 bits per heavy atom. The molecule has 2 aliphatic rings. The van der Waals surface area contributed by atoms with Gasteiger partial charge in [-0.2, -0.15) is 4.31 Å². The number of halogens is 1. The zero-order chi connectivity index (χ0) is 21.4. The van der Waals surface area contributed by atoms with Crippen LogP contribution in [0, 0.1) is 0 Å². The van der Waals surface area contributed by atoms with Crippen molar-refractivity contribution in [2.75, 3.05) is 39.3 Å². The van der Waals surface area contributed by atoms with Gasteiger partial charge in [0.15, 0.2) is 5.96 Å². The van der Waals surface area contributed by atoms with Gasteiger partial charge in [0.2, 0.25) is 15.9 Å². The van der Waals surface area contributed by atoms with E-state index >= 15 is 0 Å². The summed E-state index contributed by atoms with van der Waals surface area (Å²) in [6.07, 6.45) is 7.03. The third kappa shape index (κ3) is 7.90. The maximum Gasteiger partial charge on any atom is 0.242 e. The molecule has 1 saturated heterocycles. The molecule has 1 aromatic heterocycles. The Morgan fingerprint density at radius 3 is 2.55 bits per heavy atom. The molecule has 0 aromatic carbocycles. The number of carbonyl (C=O) groups is 1. The standard InChI is InChI=1S/C19H32N6O4S.HI/c1-2-20-19(21-14-18(26)22-16-6-4-3-5-7-16)24-9-11-25(12-10-24)30(27,28)15-17-8-13-29-23-17;/h8,13,16H,2-7,9-12,14-15H2,1H3,(H,20,21)(H,22,26);1H. The summed E-state index contributed by atoms with van der Waals surface area (Å²) in [5.41, 5.74) is 0.399. The second kappa shape index (κ2) is 12.6. The van der Waals surface area contributed by atoms with Gasteiger partial charge in [-0.15, -0.1) is 24.0 Å². The lowest BCUT2D eigenvalue weighted by Gasteiger charge is -2.35. The molecular formula is C19H33IN6O4S. The van der Waals surface area contributed by atoms with Crippen LogP contribution in [0.5, 0.6) is 0 Å². The van der Waals surface area contributed by atoms with Crippen molar-refractivity contribution in [3.63, 3.8) is 0 Å². The van der Waals surface area contributed by atoms with Crippen LogP contribution in [0.3, 0.4) is 0 Å². The normalized spacial score (nSPS) is 19.0. The van der Waals surface area contributed by atoms with Gasteiger partial charge < -0.3 is 20.1 Å². The smallest absolute Gasteiger partial charge is 0.242 e. The van der Waals surface area contributed by atoms with Crippen LogP contribution in [0.25, 0.3) is 0 Å². The number of hydrogen-bond acceptors (Lipinski definition) is 6. The number of sulfonamides is 1. The summed E-state index contributed by atoms with van der Waals surface area (Å²) in [7, 11) is -3.45. The number of amides is 1. The molecule has 10 nitrogen and oxygen atoms in total. The van der Waals surface area contributed by atoms with Crippen molar-refractivity contribution in [3.8, 4) is 0 Å². The molecule has 0 unspecified atom stereocenters. The van der Waals surface area contributed by atoms with E-state index in [1.54, 1.807) is 6.07 Å². The van der Waals surface area contributed by atoms with Crippen molar-refractivity contribution in [3.05, 3.63) is 18.0 Å². The first-order valence-corrected chi connectivity index (χ1v) is 12.3. The Labute approximate surface area is 201 Å². The Bertz CT molecular complexity index is 803. The summed E-state index contributed by atoms with van der Waals surface area (Å²) < 4.78 is 31.4. The van der Waals surface area contributed by atoms with E-state index in [1.165, 1.54) is 29.8 Å². The van der Waals surface area contributed by atoms with Crippen molar-refractivity contribution in [1.29, 1.82) is 0 Å². The lowest BCUT2D eigenvalue weighted by atomic mass is 9.95. The predicted molar refractivity (Wildman–Crippen MR) is 129 cm³/mol. The molecule has 0 spiro atoms. The molecule has 1 amide bonds. The fraction of sp³-hybridized carbons (Fsp3) is 0.737. The number of nitrogens with one attached hydrogen (secondary N) is 2. The lowest BCUT2D eigenvalue weighted by Crippen LogP contribution is -2.54. The van der Waals surface area contributed by atoms with Crippen LogP contribution < -0.4 is 10.6 Å². The van der Waals surface area contributed by atoms with Gasteiger partial charge in [0, 0.05) is 44.8 Å². The molecule has 1 saturated carbocycles. The highest BCUT2D eigenvalue weighted by atomic mass is 127. The average molecular weight is 568 g/mol. The number of aliphatic imine (C=N–C) groups is 1. The molecule has 0 bridgehead atoms. The number of nitrogens with zero attached hydrogens (tertiary/aromatic N) is 4. The fourth-order valence-electron chi connectivity index (χ4n) is 3.86. The largest absolute Gasteiger partial charge is 0.364 e. The van der Waals surface area contributed by atoms with E-state index in [1.807, 2.05) is 11.8 Å². The second-order valence-corrected chi connectivity index (χ2v) is 9.67. The first-order valence-electron chi connectivity index (χ1n) is 10.7. The van der Waals surface area contributed by atoms with E-state index in [0.717, 1.165) is 12.8 Å². The Hall–Kier alpha value is -1.41. The molecule has 1 aliphatic carbocycles. The molecule has 3 rings (SSSR count). The molecule has 1 aliphatic heterocycles. The Kier molecular flexibility index (Phi) is 10.5. The van der Waals surface area contributed by atoms with Crippen molar-refractivity contribution >= 4 is 45.9 Å². The van der Waals surface area contributed by atoms with E-state index in [4.69, 9.17) is 4.52 Å². The number of guanidine groups is 1. The predicted octanol–water partition coefficient (Wildman–Crippen LogP) is 1.15. The monoisotopic (exact) mass is 568 g/mol. The van der Waals surface area contributed by atoms with Gasteiger partial charge in [0.1, 0.15) is 18.6 Å². The van der Waals surface area contributed by atoms with Gasteiger partial charge in [0.05, 0.1) is 5.69 Å². The van der Waals surface area contributed by atoms with Crippen LogP contribution in [0.4, 0.5) is 0 Å². The van der Waals surface area contributed by atoms with Crippen LogP contribution in [-0.2, 0) is 20.6 Å². The van der Waals surface area contributed by atoms with E-state index < -0.39 is 10.0 Å². The van der Waals surface area contributed by atoms with Crippen LogP contribution in [-0.4, -0.2) is 80.0 Å². The number of carbonyl (C=O) groups excluding carboxylic acids is 1. The molecule has 0 atom stereocenters. The van der Waals surface area contributed by atoms with Gasteiger partial charge in [-0.1, -0.05) is 24.4 Å². The Morgan fingerprint density at radius 1 is 1.23 bits per heavy atom. The van der Waals surface area contributed by atoms with Crippen molar-refractivity contribution in [2.24, 2.45) is 4.99 Å². The summed E-state index contributed by atoms with van der Waals surface area (Å²) in [5, 5.41) is 9.97. The lowest BCUT2D eigenvalue weighted by molar-refractivity contribution is -0.120. The highest BCUT2D eigenvalue weighted by Gasteiger charge is 2.29. The minimum Gasteiger partial charge on any atom is -0.364 e. The third-order valence-corrected chi connectivity index (χ3v) is 7.24. The van der Waals surface area contributed by atoms with Gasteiger partial charge in [0.25, 0.3) is 0 Å². The zero-order valence-electron chi connectivity index (χ0n) is 18.0. The molecule has 12 heteroatoms. The third-order valence-electron chi connectivity index (χ3n) is 5.43. The molecule has 2 N–H and O–H groups in total. The molecule has 176 valence electrons. The van der Waals surface area contributed by atoms with Crippen LogP contribution >= 0.6 is 24.0 Å². The first-order chi connectivity index (χ1) is 14.5. The fourth-order valence-corrected chi connectivity index (χ4v) is 5.29. The molecule has 0 radical (unpaired) electrons. The number of hydrogen-bond donors (Lipinski definition) is 2. The quantitative estimate of drug-likeness (QED) is 0.288. The highest BCUT2D eigenvalue weighted by Crippen LogP contribution is 2.17. The Balaban J connectivity index is 0.00000341. The number of piperazine rings is 1. The van der Waals surface area contributed by atoms with E-state index in [-0.39, 0.29) is 48.2 Å². The highest BCUT2D eigenvalue weighted by molar-refractivity contribution is 14.0. The first kappa shape index (κ1) is 25.8. The van der Waals surface area contributed by atoms with Crippen molar-refractivity contribution in [1.82, 2.24) is 25.0 Å². The van der Waals surface area contributed by atoms with Crippen molar-refractivity contribution in [2.45, 2.75) is 50.8 Å². The van der Waals surface area contributed by atoms with Gasteiger partial charge in [-0.25, -0.2) is 13.4 Å². The summed E-state index contributed by atoms with van der Waals surface area (Å²) in [5.74, 6) is 0.412. The minimum absolute atomic E-state index is 0. The van der Waals surface area contributed by atoms with Gasteiger partial charge in [-0.3, -0.25) is 4.79 Å². The average Bonchev–Trinajstić information content (AvgIpc) is 3.24. The maximum atomic E-state index is 12.6. The maximum absolute atomic E-state index is 12.6. The number of rotatable bonds is 7. The molecule has 2 heterocycles. The zero-order valence-corrected chi connectivity index (χ0v) is 21.1. The van der Waals surface area contributed by atoms with Crippen molar-refractivity contribution < 1.29 is 17.7 Å². The minimum atomic E-state index is -3.45. The molecule has 1 aromatic rings. The van der Waals surface area contributed by atoms with E-state index in [0.29, 0.717) is 44.4 Å². The van der Waals surface area contributed by atoms with Gasteiger partial charge in [-0.05, 0) is 19.8 Å².